The summed E-state index contributed by atoms with van der Waals surface area (Å²) < 4.78 is 6.21. The number of anilines is 1. The number of rotatable bonds is 6. The van der Waals surface area contributed by atoms with Crippen molar-refractivity contribution in [3.05, 3.63) is 45.6 Å². The standard InChI is InChI=1S/C15H17ClN2O2S/c1-10(13-6-7-14(16)21-13)18-15(19)8-9-20-12-5-3-2-4-11(12)17/h2-7,10H,8-9,17H2,1H3,(H,18,19). The summed E-state index contributed by atoms with van der Waals surface area (Å²) in [6, 6.07) is 10.9. The number of thiophene rings is 1. The Labute approximate surface area is 132 Å². The van der Waals surface area contributed by atoms with E-state index in [2.05, 4.69) is 5.32 Å². The molecule has 1 heterocycles. The van der Waals surface area contributed by atoms with Crippen LogP contribution in [0.25, 0.3) is 0 Å². The summed E-state index contributed by atoms with van der Waals surface area (Å²) in [7, 11) is 0. The molecular formula is C15H17ClN2O2S. The first-order chi connectivity index (χ1) is 10.1. The normalized spacial score (nSPS) is 11.9. The molecule has 1 amide bonds. The molecule has 0 radical (unpaired) electrons. The molecule has 4 nitrogen and oxygen atoms in total. The number of nitrogen functional groups attached to an aromatic ring is 1. The maximum absolute atomic E-state index is 11.9. The van der Waals surface area contributed by atoms with Crippen molar-refractivity contribution in [2.75, 3.05) is 12.3 Å². The minimum atomic E-state index is -0.0680. The van der Waals surface area contributed by atoms with Crippen molar-refractivity contribution in [1.29, 1.82) is 0 Å². The predicted octanol–water partition coefficient (Wildman–Crippen LogP) is 3.63. The highest BCUT2D eigenvalue weighted by Gasteiger charge is 2.11. The van der Waals surface area contributed by atoms with E-state index in [0.717, 1.165) is 4.88 Å². The van der Waals surface area contributed by atoms with E-state index < -0.39 is 0 Å². The number of halogens is 1. The van der Waals surface area contributed by atoms with E-state index in [1.165, 1.54) is 11.3 Å². The van der Waals surface area contributed by atoms with Crippen LogP contribution >= 0.6 is 22.9 Å². The average Bonchev–Trinajstić information content (AvgIpc) is 2.88. The summed E-state index contributed by atoms with van der Waals surface area (Å²) in [5, 5.41) is 2.91. The van der Waals surface area contributed by atoms with Crippen LogP contribution in [0, 0.1) is 0 Å². The Morgan fingerprint density at radius 2 is 2.14 bits per heavy atom. The van der Waals surface area contributed by atoms with Gasteiger partial charge >= 0.3 is 0 Å². The number of nitrogens with two attached hydrogens (primary N) is 1. The van der Waals surface area contributed by atoms with Gasteiger partial charge in [0.2, 0.25) is 5.91 Å². The fourth-order valence-corrected chi connectivity index (χ4v) is 2.87. The SMILES string of the molecule is CC(NC(=O)CCOc1ccccc1N)c1ccc(Cl)s1. The Kier molecular flexibility index (Phi) is 5.47. The fourth-order valence-electron chi connectivity index (χ4n) is 1.81. The van der Waals surface area contributed by atoms with E-state index >= 15 is 0 Å². The number of ether oxygens (including phenoxy) is 1. The molecular weight excluding hydrogens is 308 g/mol. The monoisotopic (exact) mass is 324 g/mol. The second kappa shape index (κ2) is 7.33. The van der Waals surface area contributed by atoms with Crippen LogP contribution in [-0.2, 0) is 4.79 Å². The van der Waals surface area contributed by atoms with Crippen LogP contribution in [0.15, 0.2) is 36.4 Å². The topological polar surface area (TPSA) is 64.3 Å². The van der Waals surface area contributed by atoms with Crippen LogP contribution in [0.4, 0.5) is 5.69 Å². The maximum atomic E-state index is 11.9. The third-order valence-electron chi connectivity index (χ3n) is 2.90. The van der Waals surface area contributed by atoms with E-state index in [0.29, 0.717) is 15.8 Å². The van der Waals surface area contributed by atoms with Gasteiger partial charge in [-0.05, 0) is 31.2 Å². The van der Waals surface area contributed by atoms with Crippen molar-refractivity contribution in [2.45, 2.75) is 19.4 Å². The van der Waals surface area contributed by atoms with Gasteiger partial charge in [0, 0.05) is 4.88 Å². The van der Waals surface area contributed by atoms with Crippen molar-refractivity contribution < 1.29 is 9.53 Å². The first-order valence-corrected chi connectivity index (χ1v) is 7.77. The third-order valence-corrected chi connectivity index (χ3v) is 4.32. The van der Waals surface area contributed by atoms with Gasteiger partial charge in [0.1, 0.15) is 5.75 Å². The quantitative estimate of drug-likeness (QED) is 0.797. The Morgan fingerprint density at radius 3 is 2.81 bits per heavy atom. The molecule has 0 aliphatic heterocycles. The minimum absolute atomic E-state index is 0.0585. The predicted molar refractivity (Wildman–Crippen MR) is 86.9 cm³/mol. The Balaban J connectivity index is 1.76. The molecule has 0 bridgehead atoms. The zero-order valence-corrected chi connectivity index (χ0v) is 13.2. The van der Waals surface area contributed by atoms with Crippen molar-refractivity contribution in [1.82, 2.24) is 5.32 Å². The van der Waals surface area contributed by atoms with Gasteiger partial charge < -0.3 is 15.8 Å². The smallest absolute Gasteiger partial charge is 0.223 e. The average molecular weight is 325 g/mol. The lowest BCUT2D eigenvalue weighted by molar-refractivity contribution is -0.122. The van der Waals surface area contributed by atoms with Crippen molar-refractivity contribution in [3.8, 4) is 5.75 Å². The van der Waals surface area contributed by atoms with Crippen LogP contribution in [0.2, 0.25) is 4.34 Å². The highest BCUT2D eigenvalue weighted by molar-refractivity contribution is 7.16. The third kappa shape index (κ3) is 4.65. The van der Waals surface area contributed by atoms with Crippen molar-refractivity contribution in [2.24, 2.45) is 0 Å². The summed E-state index contributed by atoms with van der Waals surface area (Å²) in [5.74, 6) is 0.532. The number of hydrogen-bond acceptors (Lipinski definition) is 4. The Morgan fingerprint density at radius 1 is 1.38 bits per heavy atom. The second-order valence-corrected chi connectivity index (χ2v) is 6.31. The Bertz CT molecular complexity index is 615. The fraction of sp³-hybridized carbons (Fsp3) is 0.267. The first-order valence-electron chi connectivity index (χ1n) is 6.58. The lowest BCUT2D eigenvalue weighted by atomic mass is 10.2. The molecule has 2 aromatic rings. The molecule has 3 N–H and O–H groups in total. The van der Waals surface area contributed by atoms with Gasteiger partial charge in [-0.15, -0.1) is 11.3 Å². The molecule has 0 spiro atoms. The van der Waals surface area contributed by atoms with Gasteiger partial charge in [0.15, 0.2) is 0 Å². The molecule has 1 aromatic carbocycles. The number of nitrogens with one attached hydrogen (secondary N) is 1. The highest BCUT2D eigenvalue weighted by atomic mass is 35.5. The van der Waals surface area contributed by atoms with Gasteiger partial charge in [-0.1, -0.05) is 23.7 Å². The molecule has 21 heavy (non-hydrogen) atoms. The van der Waals surface area contributed by atoms with E-state index in [1.54, 1.807) is 12.1 Å². The van der Waals surface area contributed by atoms with Crippen LogP contribution in [0.5, 0.6) is 5.75 Å². The van der Waals surface area contributed by atoms with Gasteiger partial charge in [-0.25, -0.2) is 0 Å². The molecule has 0 fully saturated rings. The molecule has 0 saturated carbocycles. The molecule has 0 aliphatic carbocycles. The van der Waals surface area contributed by atoms with Crippen molar-refractivity contribution in [3.63, 3.8) is 0 Å². The van der Waals surface area contributed by atoms with E-state index in [1.807, 2.05) is 31.2 Å². The first kappa shape index (κ1) is 15.7. The number of para-hydroxylation sites is 2. The van der Waals surface area contributed by atoms with E-state index in [9.17, 15) is 4.79 Å². The zero-order valence-electron chi connectivity index (χ0n) is 11.6. The summed E-state index contributed by atoms with van der Waals surface area (Å²) in [4.78, 5) is 12.9. The van der Waals surface area contributed by atoms with Gasteiger partial charge in [0.25, 0.3) is 0 Å². The lowest BCUT2D eigenvalue weighted by Gasteiger charge is -2.13. The molecule has 0 aliphatic rings. The van der Waals surface area contributed by atoms with Gasteiger partial charge in [-0.2, -0.15) is 0 Å². The number of hydrogen-bond donors (Lipinski definition) is 2. The van der Waals surface area contributed by atoms with Crippen LogP contribution in [-0.4, -0.2) is 12.5 Å². The summed E-state index contributed by atoms with van der Waals surface area (Å²) in [6.07, 6.45) is 0.276. The van der Waals surface area contributed by atoms with Gasteiger partial charge in [0.05, 0.1) is 29.1 Å². The minimum Gasteiger partial charge on any atom is -0.491 e. The number of carbonyl (C=O) groups excluding carboxylic acids is 1. The molecule has 1 unspecified atom stereocenters. The molecule has 1 atom stereocenters. The van der Waals surface area contributed by atoms with Crippen LogP contribution < -0.4 is 15.8 Å². The summed E-state index contributed by atoms with van der Waals surface area (Å²) in [5.41, 5.74) is 6.33. The van der Waals surface area contributed by atoms with Crippen LogP contribution in [0.3, 0.4) is 0 Å². The van der Waals surface area contributed by atoms with Crippen molar-refractivity contribution >= 4 is 34.5 Å². The Hall–Kier alpha value is -1.72. The number of amides is 1. The molecule has 0 saturated heterocycles. The van der Waals surface area contributed by atoms with E-state index in [-0.39, 0.29) is 25.0 Å². The molecule has 1 aromatic heterocycles. The largest absolute Gasteiger partial charge is 0.491 e. The number of carbonyl (C=O) groups is 1. The highest BCUT2D eigenvalue weighted by Crippen LogP contribution is 2.26. The molecule has 112 valence electrons. The van der Waals surface area contributed by atoms with E-state index in [4.69, 9.17) is 22.1 Å². The van der Waals surface area contributed by atoms with Gasteiger partial charge in [-0.3, -0.25) is 4.79 Å². The lowest BCUT2D eigenvalue weighted by Crippen LogP contribution is -2.27. The molecule has 6 heteroatoms. The van der Waals surface area contributed by atoms with Crippen LogP contribution in [0.1, 0.15) is 24.3 Å². The molecule has 2 rings (SSSR count). The summed E-state index contributed by atoms with van der Waals surface area (Å²) in [6.45, 7) is 2.22. The second-order valence-electron chi connectivity index (χ2n) is 4.57. The number of benzene rings is 1. The maximum Gasteiger partial charge on any atom is 0.223 e. The summed E-state index contributed by atoms with van der Waals surface area (Å²) >= 11 is 7.34. The zero-order chi connectivity index (χ0) is 15.2.